The highest BCUT2D eigenvalue weighted by atomic mass is 35.5. The normalized spacial score (nSPS) is 10.3. The minimum Gasteiger partial charge on any atom is -0.508 e. The van der Waals surface area contributed by atoms with E-state index in [9.17, 15) is 14.9 Å². The lowest BCUT2D eigenvalue weighted by Gasteiger charge is -2.03. The van der Waals surface area contributed by atoms with Crippen LogP contribution in [0.2, 0.25) is 4.34 Å². The van der Waals surface area contributed by atoms with Crippen LogP contribution in [0, 0.1) is 10.1 Å². The third kappa shape index (κ3) is 3.93. The van der Waals surface area contributed by atoms with E-state index in [0.717, 1.165) is 16.9 Å². The second-order valence-electron chi connectivity index (χ2n) is 4.20. The molecule has 0 aliphatic carbocycles. The zero-order valence-corrected chi connectivity index (χ0v) is 12.3. The third-order valence-electron chi connectivity index (χ3n) is 2.72. The summed E-state index contributed by atoms with van der Waals surface area (Å²) in [6.07, 6.45) is 0.590. The highest BCUT2D eigenvalue weighted by Crippen LogP contribution is 2.33. The highest BCUT2D eigenvalue weighted by Gasteiger charge is 2.20. The van der Waals surface area contributed by atoms with Crippen molar-refractivity contribution in [3.05, 3.63) is 55.2 Å². The number of phenols is 1. The molecule has 0 atom stereocenters. The van der Waals surface area contributed by atoms with E-state index in [1.54, 1.807) is 24.3 Å². The van der Waals surface area contributed by atoms with Gasteiger partial charge in [-0.25, -0.2) is 0 Å². The number of amides is 1. The van der Waals surface area contributed by atoms with Crippen molar-refractivity contribution in [3.63, 3.8) is 0 Å². The molecular weight excluding hydrogens is 316 g/mol. The minimum atomic E-state index is -0.619. The number of aromatic hydroxyl groups is 1. The monoisotopic (exact) mass is 326 g/mol. The largest absolute Gasteiger partial charge is 0.508 e. The van der Waals surface area contributed by atoms with Crippen molar-refractivity contribution in [1.82, 2.24) is 5.32 Å². The summed E-state index contributed by atoms with van der Waals surface area (Å²) in [5.74, 6) is -0.211. The van der Waals surface area contributed by atoms with E-state index in [4.69, 9.17) is 16.7 Å². The predicted octanol–water partition coefficient (Wildman–Crippen LogP) is 2.99. The van der Waals surface area contributed by atoms with E-state index >= 15 is 0 Å². The Morgan fingerprint density at radius 1 is 1.38 bits per heavy atom. The van der Waals surface area contributed by atoms with Gasteiger partial charge in [-0.2, -0.15) is 0 Å². The van der Waals surface area contributed by atoms with Gasteiger partial charge in [-0.05, 0) is 24.1 Å². The fraction of sp³-hybridized carbons (Fsp3) is 0.154. The van der Waals surface area contributed by atoms with E-state index < -0.39 is 10.8 Å². The molecule has 0 aliphatic rings. The van der Waals surface area contributed by atoms with E-state index in [2.05, 4.69) is 5.32 Å². The Morgan fingerprint density at radius 3 is 2.62 bits per heavy atom. The average molecular weight is 327 g/mol. The van der Waals surface area contributed by atoms with Gasteiger partial charge in [0.1, 0.15) is 10.6 Å². The number of carbonyl (C=O) groups excluding carboxylic acids is 1. The van der Waals surface area contributed by atoms with Gasteiger partial charge in [0.2, 0.25) is 0 Å². The number of nitrogens with zero attached hydrogens (tertiary/aromatic N) is 1. The van der Waals surface area contributed by atoms with Gasteiger partial charge in [-0.15, -0.1) is 11.3 Å². The number of nitrogens with one attached hydrogen (secondary N) is 1. The third-order valence-corrected chi connectivity index (χ3v) is 4.06. The standard InChI is InChI=1S/C13H11ClN2O4S/c14-12-10(16(19)20)7-11(21-12)13(18)15-6-5-8-1-3-9(17)4-2-8/h1-4,7,17H,5-6H2,(H,15,18). The zero-order chi connectivity index (χ0) is 15.4. The maximum absolute atomic E-state index is 11.9. The van der Waals surface area contributed by atoms with Crippen LogP contribution in [-0.2, 0) is 6.42 Å². The Kier molecular flexibility index (Phi) is 4.77. The molecule has 0 fully saturated rings. The van der Waals surface area contributed by atoms with Gasteiger partial charge in [0.05, 0.1) is 4.92 Å². The Morgan fingerprint density at radius 2 is 2.05 bits per heavy atom. The van der Waals surface area contributed by atoms with Crippen molar-refractivity contribution in [2.24, 2.45) is 0 Å². The van der Waals surface area contributed by atoms with Gasteiger partial charge < -0.3 is 10.4 Å². The number of nitro groups is 1. The first-order valence-corrected chi connectivity index (χ1v) is 7.16. The van der Waals surface area contributed by atoms with Gasteiger partial charge in [0.15, 0.2) is 4.34 Å². The first kappa shape index (κ1) is 15.3. The van der Waals surface area contributed by atoms with E-state index in [1.165, 1.54) is 6.07 Å². The maximum atomic E-state index is 11.9. The molecule has 2 N–H and O–H groups in total. The van der Waals surface area contributed by atoms with Gasteiger partial charge in [0, 0.05) is 12.6 Å². The van der Waals surface area contributed by atoms with Crippen molar-refractivity contribution in [2.75, 3.05) is 6.54 Å². The van der Waals surface area contributed by atoms with Crippen molar-refractivity contribution >= 4 is 34.5 Å². The molecule has 6 nitrogen and oxygen atoms in total. The summed E-state index contributed by atoms with van der Waals surface area (Å²) in [4.78, 5) is 22.1. The molecule has 110 valence electrons. The summed E-state index contributed by atoms with van der Waals surface area (Å²) in [6, 6.07) is 7.82. The van der Waals surface area contributed by atoms with Crippen molar-refractivity contribution in [3.8, 4) is 5.75 Å². The second-order valence-corrected chi connectivity index (χ2v) is 5.85. The molecule has 0 unspecified atom stereocenters. The molecule has 0 saturated carbocycles. The van der Waals surface area contributed by atoms with Gasteiger partial charge >= 0.3 is 0 Å². The number of halogens is 1. The molecule has 0 aliphatic heterocycles. The molecule has 1 aromatic carbocycles. The van der Waals surface area contributed by atoms with E-state index in [-0.39, 0.29) is 20.7 Å². The quantitative estimate of drug-likeness (QED) is 0.652. The summed E-state index contributed by atoms with van der Waals surface area (Å²) in [6.45, 7) is 0.382. The number of benzene rings is 1. The fourth-order valence-electron chi connectivity index (χ4n) is 1.67. The SMILES string of the molecule is O=C(NCCc1ccc(O)cc1)c1cc([N+](=O)[O-])c(Cl)s1. The Bertz CT molecular complexity index is 669. The summed E-state index contributed by atoms with van der Waals surface area (Å²) in [5.41, 5.74) is 0.702. The van der Waals surface area contributed by atoms with Crippen molar-refractivity contribution in [2.45, 2.75) is 6.42 Å². The van der Waals surface area contributed by atoms with Crippen molar-refractivity contribution < 1.29 is 14.8 Å². The minimum absolute atomic E-state index is 0.0105. The average Bonchev–Trinajstić information content (AvgIpc) is 2.83. The van der Waals surface area contributed by atoms with Gasteiger partial charge in [0.25, 0.3) is 11.6 Å². The van der Waals surface area contributed by atoms with Crippen LogP contribution in [0.25, 0.3) is 0 Å². The lowest BCUT2D eigenvalue weighted by molar-refractivity contribution is -0.384. The highest BCUT2D eigenvalue weighted by molar-refractivity contribution is 7.18. The first-order chi connectivity index (χ1) is 9.97. The van der Waals surface area contributed by atoms with Crippen LogP contribution < -0.4 is 5.32 Å². The predicted molar refractivity (Wildman–Crippen MR) is 80.1 cm³/mol. The molecule has 21 heavy (non-hydrogen) atoms. The molecule has 1 amide bonds. The van der Waals surface area contributed by atoms with Crippen LogP contribution in [-0.4, -0.2) is 22.5 Å². The molecule has 1 heterocycles. The Balaban J connectivity index is 1.91. The second kappa shape index (κ2) is 6.55. The molecular formula is C13H11ClN2O4S. The van der Waals surface area contributed by atoms with Gasteiger partial charge in [-0.3, -0.25) is 14.9 Å². The topological polar surface area (TPSA) is 92.5 Å². The van der Waals surface area contributed by atoms with Gasteiger partial charge in [-0.1, -0.05) is 23.7 Å². The van der Waals surface area contributed by atoms with Crippen LogP contribution in [0.1, 0.15) is 15.2 Å². The molecule has 2 rings (SSSR count). The van der Waals surface area contributed by atoms with E-state index in [1.807, 2.05) is 0 Å². The van der Waals surface area contributed by atoms with Crippen LogP contribution >= 0.6 is 22.9 Å². The smallest absolute Gasteiger partial charge is 0.299 e. The summed E-state index contributed by atoms with van der Waals surface area (Å²) >= 11 is 6.58. The fourth-order valence-corrected chi connectivity index (χ4v) is 2.81. The summed E-state index contributed by atoms with van der Waals surface area (Å²) < 4.78 is -0.0105. The Hall–Kier alpha value is -2.12. The maximum Gasteiger partial charge on any atom is 0.299 e. The summed E-state index contributed by atoms with van der Waals surface area (Å²) in [7, 11) is 0. The van der Waals surface area contributed by atoms with Crippen LogP contribution in [0.4, 0.5) is 5.69 Å². The number of hydrogen-bond acceptors (Lipinski definition) is 5. The number of carbonyl (C=O) groups is 1. The molecule has 0 radical (unpaired) electrons. The molecule has 0 bridgehead atoms. The molecule has 0 saturated heterocycles. The van der Waals surface area contributed by atoms with Crippen LogP contribution in [0.15, 0.2) is 30.3 Å². The van der Waals surface area contributed by atoms with Crippen LogP contribution in [0.5, 0.6) is 5.75 Å². The Labute approximate surface area is 129 Å². The number of hydrogen-bond donors (Lipinski definition) is 2. The molecule has 1 aromatic heterocycles. The lowest BCUT2D eigenvalue weighted by atomic mass is 10.1. The lowest BCUT2D eigenvalue weighted by Crippen LogP contribution is -2.24. The van der Waals surface area contributed by atoms with E-state index in [0.29, 0.717) is 13.0 Å². The number of thiophene rings is 1. The first-order valence-electron chi connectivity index (χ1n) is 5.97. The zero-order valence-electron chi connectivity index (χ0n) is 10.7. The molecule has 2 aromatic rings. The number of rotatable bonds is 5. The van der Waals surface area contributed by atoms with Crippen LogP contribution in [0.3, 0.4) is 0 Å². The molecule has 0 spiro atoms. The number of phenolic OH excluding ortho intramolecular Hbond substituents is 1. The van der Waals surface area contributed by atoms with Crippen molar-refractivity contribution in [1.29, 1.82) is 0 Å². The molecule has 8 heteroatoms. The summed E-state index contributed by atoms with van der Waals surface area (Å²) in [5, 5.41) is 22.5.